The van der Waals surface area contributed by atoms with Crippen LogP contribution in [0.25, 0.3) is 0 Å². The number of rotatable bonds is 5. The van der Waals surface area contributed by atoms with E-state index in [-0.39, 0.29) is 16.5 Å². The minimum Gasteiger partial charge on any atom is -0.495 e. The van der Waals surface area contributed by atoms with E-state index in [1.807, 2.05) is 0 Å². The predicted octanol–water partition coefficient (Wildman–Crippen LogP) is 2.83. The summed E-state index contributed by atoms with van der Waals surface area (Å²) in [4.78, 5) is 16.8. The van der Waals surface area contributed by atoms with Crippen molar-refractivity contribution in [2.45, 2.75) is 31.1 Å². The number of piperidine rings is 1. The highest BCUT2D eigenvalue weighted by Crippen LogP contribution is 2.22. The molecule has 0 unspecified atom stereocenters. The highest BCUT2D eigenvalue weighted by molar-refractivity contribution is 7.89. The van der Waals surface area contributed by atoms with Gasteiger partial charge in [-0.3, -0.25) is 4.79 Å². The van der Waals surface area contributed by atoms with E-state index in [1.165, 1.54) is 16.4 Å². The Morgan fingerprint density at radius 2 is 1.74 bits per heavy atom. The minimum atomic E-state index is -3.48. The molecule has 2 heterocycles. The van der Waals surface area contributed by atoms with Crippen LogP contribution in [-0.4, -0.2) is 43.8 Å². The molecule has 0 bridgehead atoms. The molecule has 2 aromatic rings. The quantitative estimate of drug-likeness (QED) is 0.849. The average molecular weight is 389 g/mol. The van der Waals surface area contributed by atoms with Gasteiger partial charge in [0.05, 0.1) is 17.7 Å². The number of carbonyl (C=O) groups excluding carboxylic acids is 1. The van der Waals surface area contributed by atoms with Crippen LogP contribution in [0.4, 0.5) is 5.69 Å². The molecule has 0 atom stereocenters. The highest BCUT2D eigenvalue weighted by atomic mass is 32.2. The number of aryl methyl sites for hydroxylation is 1. The smallest absolute Gasteiger partial charge is 0.274 e. The number of nitrogens with zero attached hydrogens (tertiary/aromatic N) is 2. The largest absolute Gasteiger partial charge is 0.495 e. The van der Waals surface area contributed by atoms with E-state index in [1.54, 1.807) is 38.3 Å². The maximum Gasteiger partial charge on any atom is 0.274 e. The van der Waals surface area contributed by atoms with E-state index in [0.29, 0.717) is 30.2 Å². The molecule has 8 heteroatoms. The molecule has 1 aromatic carbocycles. The van der Waals surface area contributed by atoms with Gasteiger partial charge < -0.3 is 10.1 Å². The van der Waals surface area contributed by atoms with E-state index in [0.717, 1.165) is 19.3 Å². The summed E-state index contributed by atoms with van der Waals surface area (Å²) in [6.07, 6.45) is 2.85. The summed E-state index contributed by atoms with van der Waals surface area (Å²) in [6, 6.07) is 9.48. The molecule has 1 saturated heterocycles. The van der Waals surface area contributed by atoms with Gasteiger partial charge in [-0.05, 0) is 56.2 Å². The maximum absolute atomic E-state index is 12.7. The topological polar surface area (TPSA) is 88.6 Å². The van der Waals surface area contributed by atoms with Gasteiger partial charge in [0.2, 0.25) is 10.0 Å². The van der Waals surface area contributed by atoms with Crippen LogP contribution in [0, 0.1) is 6.92 Å². The van der Waals surface area contributed by atoms with E-state index < -0.39 is 10.0 Å². The van der Waals surface area contributed by atoms with Crippen molar-refractivity contribution in [1.29, 1.82) is 0 Å². The van der Waals surface area contributed by atoms with Crippen molar-refractivity contribution in [2.75, 3.05) is 25.5 Å². The van der Waals surface area contributed by atoms with Crippen LogP contribution in [0.5, 0.6) is 5.75 Å². The fraction of sp³-hybridized carbons (Fsp3) is 0.368. The van der Waals surface area contributed by atoms with Crippen LogP contribution in [0.3, 0.4) is 0 Å². The Balaban J connectivity index is 1.72. The second-order valence-electron chi connectivity index (χ2n) is 6.43. The SMILES string of the molecule is COc1ccc(C(=O)Nc2ccc(S(=O)(=O)N3CCCCC3)cc2)nc1C. The first-order valence-corrected chi connectivity index (χ1v) is 10.3. The summed E-state index contributed by atoms with van der Waals surface area (Å²) in [6.45, 7) is 2.88. The summed E-state index contributed by atoms with van der Waals surface area (Å²) in [5.74, 6) is 0.242. The van der Waals surface area contributed by atoms with Gasteiger partial charge in [0, 0.05) is 18.8 Å². The molecule has 1 fully saturated rings. The number of benzene rings is 1. The molecule has 7 nitrogen and oxygen atoms in total. The Morgan fingerprint density at radius 3 is 2.33 bits per heavy atom. The van der Waals surface area contributed by atoms with Gasteiger partial charge in [-0.25, -0.2) is 13.4 Å². The van der Waals surface area contributed by atoms with Crippen molar-refractivity contribution in [3.05, 3.63) is 47.8 Å². The molecule has 1 aliphatic rings. The van der Waals surface area contributed by atoms with Crippen LogP contribution >= 0.6 is 0 Å². The standard InChI is InChI=1S/C19H23N3O4S/c1-14-18(26-2)11-10-17(20-14)19(23)21-15-6-8-16(9-7-15)27(24,25)22-12-4-3-5-13-22/h6-11H,3-5,12-13H2,1-2H3,(H,21,23). The molecule has 0 radical (unpaired) electrons. The van der Waals surface area contributed by atoms with Crippen molar-refractivity contribution < 1.29 is 17.9 Å². The maximum atomic E-state index is 12.7. The number of aromatic nitrogens is 1. The van der Waals surface area contributed by atoms with Gasteiger partial charge in [0.1, 0.15) is 11.4 Å². The number of carbonyl (C=O) groups is 1. The van der Waals surface area contributed by atoms with E-state index in [9.17, 15) is 13.2 Å². The number of hydrogen-bond acceptors (Lipinski definition) is 5. The third-order valence-corrected chi connectivity index (χ3v) is 6.47. The Morgan fingerprint density at radius 1 is 1.07 bits per heavy atom. The summed E-state index contributed by atoms with van der Waals surface area (Å²) in [5.41, 5.74) is 1.39. The zero-order chi connectivity index (χ0) is 19.4. The Kier molecular flexibility index (Phi) is 5.76. The van der Waals surface area contributed by atoms with Gasteiger partial charge in [0.25, 0.3) is 5.91 Å². The van der Waals surface area contributed by atoms with Crippen LogP contribution in [-0.2, 0) is 10.0 Å². The molecule has 1 aliphatic heterocycles. The first-order valence-electron chi connectivity index (χ1n) is 8.85. The molecule has 144 valence electrons. The summed E-state index contributed by atoms with van der Waals surface area (Å²) in [7, 11) is -1.93. The number of nitrogens with one attached hydrogen (secondary N) is 1. The molecular weight excluding hydrogens is 366 g/mol. The van der Waals surface area contributed by atoms with Crippen molar-refractivity contribution in [3.63, 3.8) is 0 Å². The van der Waals surface area contributed by atoms with Crippen molar-refractivity contribution in [1.82, 2.24) is 9.29 Å². The molecule has 0 aliphatic carbocycles. The summed E-state index contributed by atoms with van der Waals surface area (Å²) >= 11 is 0. The van der Waals surface area contributed by atoms with Crippen molar-refractivity contribution in [2.24, 2.45) is 0 Å². The first-order chi connectivity index (χ1) is 12.9. The van der Waals surface area contributed by atoms with Gasteiger partial charge in [-0.2, -0.15) is 4.31 Å². The number of anilines is 1. The molecule has 1 amide bonds. The third-order valence-electron chi connectivity index (χ3n) is 4.55. The van der Waals surface area contributed by atoms with Gasteiger partial charge in [-0.1, -0.05) is 6.42 Å². The van der Waals surface area contributed by atoms with Gasteiger partial charge in [0.15, 0.2) is 0 Å². The number of methoxy groups -OCH3 is 1. The molecule has 1 N–H and O–H groups in total. The van der Waals surface area contributed by atoms with Gasteiger partial charge >= 0.3 is 0 Å². The molecule has 1 aromatic heterocycles. The Bertz CT molecular complexity index is 920. The monoisotopic (exact) mass is 389 g/mol. The fourth-order valence-corrected chi connectivity index (χ4v) is 4.57. The Hall–Kier alpha value is -2.45. The average Bonchev–Trinajstić information content (AvgIpc) is 2.69. The second-order valence-corrected chi connectivity index (χ2v) is 8.37. The van der Waals surface area contributed by atoms with Crippen LogP contribution in [0.2, 0.25) is 0 Å². The normalized spacial score (nSPS) is 15.3. The fourth-order valence-electron chi connectivity index (χ4n) is 3.05. The second kappa shape index (κ2) is 8.06. The highest BCUT2D eigenvalue weighted by Gasteiger charge is 2.25. The van der Waals surface area contributed by atoms with Crippen LogP contribution in [0.1, 0.15) is 35.4 Å². The Labute approximate surface area is 159 Å². The zero-order valence-electron chi connectivity index (χ0n) is 15.4. The number of amides is 1. The lowest BCUT2D eigenvalue weighted by Gasteiger charge is -2.25. The van der Waals surface area contributed by atoms with Crippen molar-refractivity contribution in [3.8, 4) is 5.75 Å². The zero-order valence-corrected chi connectivity index (χ0v) is 16.3. The van der Waals surface area contributed by atoms with Crippen LogP contribution in [0.15, 0.2) is 41.3 Å². The lowest BCUT2D eigenvalue weighted by atomic mass is 10.2. The van der Waals surface area contributed by atoms with Crippen molar-refractivity contribution >= 4 is 21.6 Å². The third kappa shape index (κ3) is 4.28. The first kappa shape index (κ1) is 19.3. The van der Waals surface area contributed by atoms with E-state index >= 15 is 0 Å². The molecule has 0 saturated carbocycles. The molecule has 27 heavy (non-hydrogen) atoms. The lowest BCUT2D eigenvalue weighted by Crippen LogP contribution is -2.35. The number of ether oxygens (including phenoxy) is 1. The molecule has 3 rings (SSSR count). The minimum absolute atomic E-state index is 0.237. The predicted molar refractivity (Wildman–Crippen MR) is 103 cm³/mol. The number of sulfonamides is 1. The summed E-state index contributed by atoms with van der Waals surface area (Å²) in [5, 5.41) is 2.73. The summed E-state index contributed by atoms with van der Waals surface area (Å²) < 4.78 is 32.0. The van der Waals surface area contributed by atoms with Gasteiger partial charge in [-0.15, -0.1) is 0 Å². The molecular formula is C19H23N3O4S. The molecule has 0 spiro atoms. The number of hydrogen-bond donors (Lipinski definition) is 1. The lowest BCUT2D eigenvalue weighted by molar-refractivity contribution is 0.102. The van der Waals surface area contributed by atoms with E-state index in [2.05, 4.69) is 10.3 Å². The van der Waals surface area contributed by atoms with Crippen LogP contribution < -0.4 is 10.1 Å². The van der Waals surface area contributed by atoms with E-state index in [4.69, 9.17) is 4.74 Å². The number of pyridine rings is 1.